The molecule has 0 aromatic carbocycles. The number of pyridine rings is 1. The molecule has 0 fully saturated rings. The van der Waals surface area contributed by atoms with Gasteiger partial charge in [0.2, 0.25) is 5.88 Å². The Morgan fingerprint density at radius 1 is 1.64 bits per heavy atom. The highest BCUT2D eigenvalue weighted by atomic mass is 16.5. The van der Waals surface area contributed by atoms with Crippen molar-refractivity contribution in [3.63, 3.8) is 0 Å². The molecule has 1 aromatic rings. The SMILES string of the molecule is COc1cc(C)c(NO)cn1. The van der Waals surface area contributed by atoms with Crippen LogP contribution in [0, 0.1) is 6.92 Å². The summed E-state index contributed by atoms with van der Waals surface area (Å²) in [4.78, 5) is 3.88. The van der Waals surface area contributed by atoms with E-state index in [0.717, 1.165) is 5.56 Å². The molecule has 0 spiro atoms. The molecule has 0 aliphatic rings. The van der Waals surface area contributed by atoms with Crippen LogP contribution in [0.3, 0.4) is 0 Å². The van der Waals surface area contributed by atoms with Crippen LogP contribution in [0.1, 0.15) is 5.56 Å². The van der Waals surface area contributed by atoms with Crippen molar-refractivity contribution in [2.45, 2.75) is 6.92 Å². The monoisotopic (exact) mass is 154 g/mol. The minimum atomic E-state index is 0.543. The first kappa shape index (κ1) is 7.81. The first-order chi connectivity index (χ1) is 5.27. The maximum atomic E-state index is 8.55. The minimum Gasteiger partial charge on any atom is -0.481 e. The number of hydrogen-bond donors (Lipinski definition) is 2. The number of rotatable bonds is 2. The van der Waals surface area contributed by atoms with E-state index in [9.17, 15) is 0 Å². The molecule has 4 nitrogen and oxygen atoms in total. The summed E-state index contributed by atoms with van der Waals surface area (Å²) in [5.41, 5.74) is 3.51. The molecule has 0 aliphatic heterocycles. The number of methoxy groups -OCH3 is 1. The van der Waals surface area contributed by atoms with Crippen LogP contribution < -0.4 is 10.2 Å². The Kier molecular flexibility index (Phi) is 2.28. The van der Waals surface area contributed by atoms with Crippen LogP contribution in [0.25, 0.3) is 0 Å². The highest BCUT2D eigenvalue weighted by Gasteiger charge is 1.98. The van der Waals surface area contributed by atoms with Gasteiger partial charge in [0, 0.05) is 6.07 Å². The van der Waals surface area contributed by atoms with E-state index in [2.05, 4.69) is 4.98 Å². The molecule has 1 rings (SSSR count). The van der Waals surface area contributed by atoms with E-state index in [0.29, 0.717) is 11.6 Å². The largest absolute Gasteiger partial charge is 0.481 e. The lowest BCUT2D eigenvalue weighted by atomic mass is 10.2. The molecule has 0 atom stereocenters. The van der Waals surface area contributed by atoms with Crippen LogP contribution in [-0.2, 0) is 0 Å². The quantitative estimate of drug-likeness (QED) is 0.628. The molecule has 0 amide bonds. The molecule has 1 heterocycles. The molecule has 0 saturated carbocycles. The van der Waals surface area contributed by atoms with E-state index in [1.54, 1.807) is 13.2 Å². The van der Waals surface area contributed by atoms with Gasteiger partial charge >= 0.3 is 0 Å². The van der Waals surface area contributed by atoms with E-state index >= 15 is 0 Å². The molecule has 0 aliphatic carbocycles. The molecule has 0 radical (unpaired) electrons. The number of anilines is 1. The first-order valence-electron chi connectivity index (χ1n) is 3.18. The van der Waals surface area contributed by atoms with Gasteiger partial charge in [-0.1, -0.05) is 0 Å². The van der Waals surface area contributed by atoms with Crippen LogP contribution in [0.15, 0.2) is 12.3 Å². The van der Waals surface area contributed by atoms with E-state index in [-0.39, 0.29) is 0 Å². The lowest BCUT2D eigenvalue weighted by Crippen LogP contribution is -1.95. The third-order valence-corrected chi connectivity index (χ3v) is 1.42. The second-order valence-corrected chi connectivity index (χ2v) is 2.15. The minimum absolute atomic E-state index is 0.543. The Bertz CT molecular complexity index is 250. The highest BCUT2D eigenvalue weighted by Crippen LogP contribution is 2.16. The van der Waals surface area contributed by atoms with Gasteiger partial charge in [0.25, 0.3) is 0 Å². The number of nitrogens with one attached hydrogen (secondary N) is 1. The van der Waals surface area contributed by atoms with Gasteiger partial charge in [-0.05, 0) is 12.5 Å². The number of ether oxygens (including phenoxy) is 1. The molecule has 4 heteroatoms. The van der Waals surface area contributed by atoms with Crippen LogP contribution in [-0.4, -0.2) is 17.3 Å². The zero-order chi connectivity index (χ0) is 8.27. The Labute approximate surface area is 64.8 Å². The molecular formula is C7H10N2O2. The van der Waals surface area contributed by atoms with Crippen LogP contribution >= 0.6 is 0 Å². The second-order valence-electron chi connectivity index (χ2n) is 2.15. The molecule has 60 valence electrons. The average Bonchev–Trinajstić information content (AvgIpc) is 2.04. The summed E-state index contributed by atoms with van der Waals surface area (Å²) < 4.78 is 4.87. The standard InChI is InChI=1S/C7H10N2O2/c1-5-3-7(11-2)8-4-6(5)9-10/h3-4,9-10H,1-2H3. The summed E-state index contributed by atoms with van der Waals surface area (Å²) in [5, 5.41) is 8.55. The van der Waals surface area contributed by atoms with Gasteiger partial charge in [-0.3, -0.25) is 10.7 Å². The fraction of sp³-hybridized carbons (Fsp3) is 0.286. The summed E-state index contributed by atoms with van der Waals surface area (Å²) in [5.74, 6) is 0.543. The van der Waals surface area contributed by atoms with Crippen LogP contribution in [0.4, 0.5) is 5.69 Å². The van der Waals surface area contributed by atoms with Crippen molar-refractivity contribution in [1.29, 1.82) is 0 Å². The van der Waals surface area contributed by atoms with Gasteiger partial charge < -0.3 is 4.74 Å². The third-order valence-electron chi connectivity index (χ3n) is 1.42. The molecule has 0 unspecified atom stereocenters. The Morgan fingerprint density at radius 2 is 2.36 bits per heavy atom. The first-order valence-corrected chi connectivity index (χ1v) is 3.18. The van der Waals surface area contributed by atoms with E-state index in [1.165, 1.54) is 6.20 Å². The molecule has 2 N–H and O–H groups in total. The van der Waals surface area contributed by atoms with Crippen molar-refractivity contribution in [2.24, 2.45) is 0 Å². The van der Waals surface area contributed by atoms with Crippen molar-refractivity contribution >= 4 is 5.69 Å². The zero-order valence-corrected chi connectivity index (χ0v) is 6.46. The van der Waals surface area contributed by atoms with E-state index < -0.39 is 0 Å². The molecule has 0 bridgehead atoms. The van der Waals surface area contributed by atoms with Crippen molar-refractivity contribution in [2.75, 3.05) is 12.6 Å². The fourth-order valence-corrected chi connectivity index (χ4v) is 0.759. The van der Waals surface area contributed by atoms with Gasteiger partial charge in [-0.2, -0.15) is 0 Å². The molecule has 11 heavy (non-hydrogen) atoms. The topological polar surface area (TPSA) is 54.4 Å². The van der Waals surface area contributed by atoms with E-state index in [4.69, 9.17) is 9.94 Å². The van der Waals surface area contributed by atoms with Gasteiger partial charge in [-0.25, -0.2) is 4.98 Å². The second kappa shape index (κ2) is 3.21. The van der Waals surface area contributed by atoms with Gasteiger partial charge in [0.1, 0.15) is 0 Å². The smallest absolute Gasteiger partial charge is 0.213 e. The van der Waals surface area contributed by atoms with Crippen molar-refractivity contribution in [3.05, 3.63) is 17.8 Å². The summed E-state index contributed by atoms with van der Waals surface area (Å²) in [6.07, 6.45) is 1.51. The predicted octanol–water partition coefficient (Wildman–Crippen LogP) is 1.20. The number of nitrogens with zero attached hydrogens (tertiary/aromatic N) is 1. The number of aryl methyl sites for hydroxylation is 1. The lowest BCUT2D eigenvalue weighted by molar-refractivity contribution is 0.384. The van der Waals surface area contributed by atoms with Gasteiger partial charge in [0.05, 0.1) is 19.0 Å². The summed E-state index contributed by atoms with van der Waals surface area (Å²) in [6.45, 7) is 1.85. The maximum absolute atomic E-state index is 8.55. The van der Waals surface area contributed by atoms with E-state index in [1.807, 2.05) is 12.4 Å². The third kappa shape index (κ3) is 1.59. The van der Waals surface area contributed by atoms with Crippen molar-refractivity contribution in [3.8, 4) is 5.88 Å². The number of aromatic nitrogens is 1. The van der Waals surface area contributed by atoms with Crippen molar-refractivity contribution < 1.29 is 9.94 Å². The van der Waals surface area contributed by atoms with Crippen molar-refractivity contribution in [1.82, 2.24) is 4.98 Å². The fourth-order valence-electron chi connectivity index (χ4n) is 0.759. The predicted molar refractivity (Wildman–Crippen MR) is 40.9 cm³/mol. The Balaban J connectivity index is 2.99. The summed E-state index contributed by atoms with van der Waals surface area (Å²) >= 11 is 0. The normalized spacial score (nSPS) is 9.36. The number of hydrogen-bond acceptors (Lipinski definition) is 4. The summed E-state index contributed by atoms with van der Waals surface area (Å²) in [7, 11) is 1.55. The Morgan fingerprint density at radius 3 is 2.82 bits per heavy atom. The lowest BCUT2D eigenvalue weighted by Gasteiger charge is -2.04. The summed E-state index contributed by atoms with van der Waals surface area (Å²) in [6, 6.07) is 1.73. The van der Waals surface area contributed by atoms with Gasteiger partial charge in [-0.15, -0.1) is 0 Å². The van der Waals surface area contributed by atoms with Gasteiger partial charge in [0.15, 0.2) is 0 Å². The maximum Gasteiger partial charge on any atom is 0.213 e. The molecular weight excluding hydrogens is 144 g/mol. The van der Waals surface area contributed by atoms with Crippen LogP contribution in [0.5, 0.6) is 5.88 Å². The zero-order valence-electron chi connectivity index (χ0n) is 6.46. The highest BCUT2D eigenvalue weighted by molar-refractivity contribution is 5.48. The molecule has 0 saturated heterocycles. The molecule has 1 aromatic heterocycles. The Hall–Kier alpha value is -1.29. The van der Waals surface area contributed by atoms with Crippen LogP contribution in [0.2, 0.25) is 0 Å². The average molecular weight is 154 g/mol.